The van der Waals surface area contributed by atoms with Crippen molar-refractivity contribution in [1.82, 2.24) is 0 Å². The molecule has 1 aliphatic heterocycles. The quantitative estimate of drug-likeness (QED) is 0.831. The number of ether oxygens (including phenoxy) is 1. The van der Waals surface area contributed by atoms with Crippen LogP contribution in [-0.4, -0.2) is 17.3 Å². The van der Waals surface area contributed by atoms with Gasteiger partial charge in [0, 0.05) is 20.9 Å². The van der Waals surface area contributed by atoms with E-state index in [1.165, 1.54) is 41.5 Å². The van der Waals surface area contributed by atoms with Crippen LogP contribution in [-0.2, 0) is 4.74 Å². The van der Waals surface area contributed by atoms with Crippen LogP contribution in [0.2, 0.25) is 0 Å². The molecule has 2 aromatic heterocycles. The Balaban J connectivity index is 1.53. The predicted molar refractivity (Wildman–Crippen MR) is 89.2 cm³/mol. The zero-order valence-corrected chi connectivity index (χ0v) is 13.8. The minimum atomic E-state index is -0.308. The van der Waals surface area contributed by atoms with Crippen LogP contribution in [0.3, 0.4) is 0 Å². The normalized spacial score (nSPS) is 27.2. The third-order valence-corrected chi connectivity index (χ3v) is 7.36. The molecule has 1 spiro atoms. The summed E-state index contributed by atoms with van der Waals surface area (Å²) in [5.74, 6) is 0.365. The summed E-state index contributed by atoms with van der Waals surface area (Å²) < 4.78 is 8.79. The first kappa shape index (κ1) is 14.2. The molecule has 1 saturated carbocycles. The second kappa shape index (κ2) is 5.65. The molecule has 4 rings (SSSR count). The highest BCUT2D eigenvalue weighted by Gasteiger charge is 2.41. The lowest BCUT2D eigenvalue weighted by atomic mass is 9.74. The van der Waals surface area contributed by atoms with Gasteiger partial charge in [-0.25, -0.2) is 0 Å². The predicted octanol–water partition coefficient (Wildman–Crippen LogP) is 5.13. The molecule has 114 valence electrons. The number of aliphatic hydroxyl groups excluding tert-OH is 1. The Hall–Kier alpha value is -0.420. The van der Waals surface area contributed by atoms with E-state index in [4.69, 9.17) is 4.74 Å². The van der Waals surface area contributed by atoms with Gasteiger partial charge in [0.15, 0.2) is 0 Å². The van der Waals surface area contributed by atoms with E-state index in [2.05, 4.69) is 17.5 Å². The van der Waals surface area contributed by atoms with Gasteiger partial charge in [-0.15, -0.1) is 22.7 Å². The number of hydrogen-bond acceptors (Lipinski definition) is 4. The molecule has 2 nitrogen and oxygen atoms in total. The Morgan fingerprint density at radius 2 is 2.10 bits per heavy atom. The van der Waals surface area contributed by atoms with Crippen molar-refractivity contribution in [3.63, 3.8) is 0 Å². The van der Waals surface area contributed by atoms with Crippen molar-refractivity contribution >= 4 is 32.1 Å². The molecule has 3 heterocycles. The second-order valence-electron chi connectivity index (χ2n) is 6.59. The highest BCUT2D eigenvalue weighted by molar-refractivity contribution is 7.26. The molecular formula is C17H22O2S2. The van der Waals surface area contributed by atoms with Gasteiger partial charge in [-0.05, 0) is 49.1 Å². The molecule has 0 aromatic carbocycles. The summed E-state index contributed by atoms with van der Waals surface area (Å²) in [6.07, 6.45) is 8.03. The summed E-state index contributed by atoms with van der Waals surface area (Å²) in [5, 5.41) is 13.0. The van der Waals surface area contributed by atoms with Crippen LogP contribution in [0, 0.1) is 5.92 Å². The first-order chi connectivity index (χ1) is 10.3. The topological polar surface area (TPSA) is 29.5 Å². The van der Waals surface area contributed by atoms with Gasteiger partial charge in [-0.3, -0.25) is 0 Å². The van der Waals surface area contributed by atoms with E-state index >= 15 is 0 Å². The molecule has 2 aliphatic rings. The van der Waals surface area contributed by atoms with Crippen molar-refractivity contribution in [2.45, 2.75) is 56.7 Å². The standard InChI is InChI=1S/C17H22O2S2/c18-16(15-10-14-13(21-15)5-9-20-14)12-4-8-19-17(11-12)6-2-1-3-7-17/h5,9-10,12,16,18H,1-4,6-8,11H2. The van der Waals surface area contributed by atoms with Gasteiger partial charge in [0.05, 0.1) is 11.7 Å². The van der Waals surface area contributed by atoms with E-state index in [1.807, 2.05) is 0 Å². The molecule has 21 heavy (non-hydrogen) atoms. The van der Waals surface area contributed by atoms with E-state index in [0.717, 1.165) is 24.3 Å². The molecular weight excluding hydrogens is 300 g/mol. The van der Waals surface area contributed by atoms with Gasteiger partial charge in [0.1, 0.15) is 0 Å². The summed E-state index contributed by atoms with van der Waals surface area (Å²) in [5.41, 5.74) is 0.0801. The molecule has 0 radical (unpaired) electrons. The number of aliphatic hydroxyl groups is 1. The zero-order chi connectivity index (χ0) is 14.3. The molecule has 1 N–H and O–H groups in total. The van der Waals surface area contributed by atoms with E-state index in [1.54, 1.807) is 22.7 Å². The minimum Gasteiger partial charge on any atom is -0.387 e. The van der Waals surface area contributed by atoms with Gasteiger partial charge in [-0.1, -0.05) is 19.3 Å². The van der Waals surface area contributed by atoms with E-state index in [-0.39, 0.29) is 11.7 Å². The van der Waals surface area contributed by atoms with Crippen molar-refractivity contribution in [2.24, 2.45) is 5.92 Å². The van der Waals surface area contributed by atoms with Crippen LogP contribution in [0.15, 0.2) is 17.5 Å². The molecule has 0 bridgehead atoms. The Bertz CT molecular complexity index is 575. The summed E-state index contributed by atoms with van der Waals surface area (Å²) in [6, 6.07) is 4.35. The molecule has 2 unspecified atom stereocenters. The summed E-state index contributed by atoms with van der Waals surface area (Å²) in [7, 11) is 0. The van der Waals surface area contributed by atoms with Gasteiger partial charge in [-0.2, -0.15) is 0 Å². The van der Waals surface area contributed by atoms with E-state index in [0.29, 0.717) is 5.92 Å². The monoisotopic (exact) mass is 322 g/mol. The van der Waals surface area contributed by atoms with Crippen LogP contribution in [0.25, 0.3) is 9.40 Å². The van der Waals surface area contributed by atoms with Crippen molar-refractivity contribution in [1.29, 1.82) is 0 Å². The minimum absolute atomic E-state index is 0.0801. The van der Waals surface area contributed by atoms with Crippen LogP contribution in [0.1, 0.15) is 55.9 Å². The van der Waals surface area contributed by atoms with Gasteiger partial charge >= 0.3 is 0 Å². The average molecular weight is 322 g/mol. The fourth-order valence-corrected chi connectivity index (χ4v) is 6.24. The Kier molecular flexibility index (Phi) is 3.82. The maximum Gasteiger partial charge on any atom is 0.0912 e. The van der Waals surface area contributed by atoms with Gasteiger partial charge in [0.25, 0.3) is 0 Å². The lowest BCUT2D eigenvalue weighted by molar-refractivity contribution is -0.133. The van der Waals surface area contributed by atoms with Crippen molar-refractivity contribution < 1.29 is 9.84 Å². The molecule has 2 aromatic rings. The number of thiophene rings is 2. The maximum atomic E-state index is 10.8. The highest BCUT2D eigenvalue weighted by atomic mass is 32.1. The molecule has 2 fully saturated rings. The maximum absolute atomic E-state index is 10.8. The number of fused-ring (bicyclic) bond motifs is 1. The van der Waals surface area contributed by atoms with Crippen molar-refractivity contribution in [3.05, 3.63) is 22.4 Å². The van der Waals surface area contributed by atoms with Crippen molar-refractivity contribution in [2.75, 3.05) is 6.61 Å². The molecule has 1 saturated heterocycles. The van der Waals surface area contributed by atoms with Crippen LogP contribution < -0.4 is 0 Å². The smallest absolute Gasteiger partial charge is 0.0912 e. The molecule has 4 heteroatoms. The summed E-state index contributed by atoms with van der Waals surface area (Å²) in [4.78, 5) is 1.15. The Morgan fingerprint density at radius 3 is 2.90 bits per heavy atom. The summed E-state index contributed by atoms with van der Waals surface area (Å²) >= 11 is 3.53. The first-order valence-corrected chi connectivity index (χ1v) is 9.74. The lowest BCUT2D eigenvalue weighted by Crippen LogP contribution is -2.42. The number of rotatable bonds is 2. The first-order valence-electron chi connectivity index (χ1n) is 8.05. The van der Waals surface area contributed by atoms with Gasteiger partial charge < -0.3 is 9.84 Å². The van der Waals surface area contributed by atoms with Crippen LogP contribution in [0.4, 0.5) is 0 Å². The average Bonchev–Trinajstić information content (AvgIpc) is 3.08. The fourth-order valence-electron chi connectivity index (χ4n) is 4.04. The third-order valence-electron chi connectivity index (χ3n) is 5.19. The molecule has 1 aliphatic carbocycles. The van der Waals surface area contributed by atoms with E-state index in [9.17, 15) is 5.11 Å². The third kappa shape index (κ3) is 2.67. The second-order valence-corrected chi connectivity index (χ2v) is 8.65. The molecule has 0 amide bonds. The van der Waals surface area contributed by atoms with Gasteiger partial charge in [0.2, 0.25) is 0 Å². The fraction of sp³-hybridized carbons (Fsp3) is 0.647. The van der Waals surface area contributed by atoms with Crippen molar-refractivity contribution in [3.8, 4) is 0 Å². The van der Waals surface area contributed by atoms with E-state index < -0.39 is 0 Å². The summed E-state index contributed by atoms with van der Waals surface area (Å²) in [6.45, 7) is 0.821. The number of hydrogen-bond donors (Lipinski definition) is 1. The van der Waals surface area contributed by atoms with Crippen LogP contribution >= 0.6 is 22.7 Å². The Morgan fingerprint density at radius 1 is 1.24 bits per heavy atom. The SMILES string of the molecule is OC(c1cc2sccc2s1)C1CCOC2(CCCCC2)C1. The Labute approximate surface area is 133 Å². The largest absolute Gasteiger partial charge is 0.387 e. The van der Waals surface area contributed by atoms with Crippen LogP contribution in [0.5, 0.6) is 0 Å². The molecule has 2 atom stereocenters. The lowest BCUT2D eigenvalue weighted by Gasteiger charge is -2.44. The highest BCUT2D eigenvalue weighted by Crippen LogP contribution is 2.46. The zero-order valence-electron chi connectivity index (χ0n) is 12.2.